The summed E-state index contributed by atoms with van der Waals surface area (Å²) in [5.41, 5.74) is 0.371. The lowest BCUT2D eigenvalue weighted by molar-refractivity contribution is -0.123. The first-order chi connectivity index (χ1) is 11.1. The largest absolute Gasteiger partial charge is 0.492 e. The van der Waals surface area contributed by atoms with Gasteiger partial charge in [-0.25, -0.2) is 4.39 Å². The molecule has 0 aliphatic heterocycles. The van der Waals surface area contributed by atoms with E-state index in [0.29, 0.717) is 23.9 Å². The fourth-order valence-corrected chi connectivity index (χ4v) is 2.78. The van der Waals surface area contributed by atoms with Crippen LogP contribution >= 0.6 is 11.6 Å². The summed E-state index contributed by atoms with van der Waals surface area (Å²) in [4.78, 5) is 12.4. The summed E-state index contributed by atoms with van der Waals surface area (Å²) in [5, 5.41) is 3.50. The van der Waals surface area contributed by atoms with E-state index < -0.39 is 5.41 Å². The van der Waals surface area contributed by atoms with E-state index in [0.717, 1.165) is 18.4 Å². The van der Waals surface area contributed by atoms with Gasteiger partial charge in [-0.1, -0.05) is 29.8 Å². The van der Waals surface area contributed by atoms with E-state index in [2.05, 4.69) is 5.32 Å². The van der Waals surface area contributed by atoms with E-state index in [-0.39, 0.29) is 11.7 Å². The molecule has 3 nitrogen and oxygen atoms in total. The minimum Gasteiger partial charge on any atom is -0.492 e. The zero-order valence-electron chi connectivity index (χ0n) is 12.5. The molecule has 0 saturated heterocycles. The number of amides is 1. The van der Waals surface area contributed by atoms with Crippen molar-refractivity contribution in [2.75, 3.05) is 13.2 Å². The zero-order chi connectivity index (χ0) is 16.3. The van der Waals surface area contributed by atoms with Crippen molar-refractivity contribution in [1.29, 1.82) is 0 Å². The summed E-state index contributed by atoms with van der Waals surface area (Å²) >= 11 is 5.88. The minimum absolute atomic E-state index is 0.0289. The number of halogens is 2. The molecule has 1 N–H and O–H groups in total. The molecule has 0 atom stereocenters. The molecular formula is C18H17ClFNO2. The van der Waals surface area contributed by atoms with Crippen LogP contribution < -0.4 is 10.1 Å². The second-order valence-corrected chi connectivity index (χ2v) is 6.09. The van der Waals surface area contributed by atoms with E-state index >= 15 is 0 Å². The molecule has 1 fully saturated rings. The number of nitrogens with one attached hydrogen (secondary N) is 1. The monoisotopic (exact) mass is 333 g/mol. The van der Waals surface area contributed by atoms with Crippen molar-refractivity contribution in [2.24, 2.45) is 0 Å². The van der Waals surface area contributed by atoms with E-state index in [4.69, 9.17) is 16.3 Å². The predicted molar refractivity (Wildman–Crippen MR) is 87.3 cm³/mol. The quantitative estimate of drug-likeness (QED) is 0.818. The summed E-state index contributed by atoms with van der Waals surface area (Å²) in [7, 11) is 0. The maximum absolute atomic E-state index is 13.0. The van der Waals surface area contributed by atoms with Crippen molar-refractivity contribution in [2.45, 2.75) is 18.3 Å². The van der Waals surface area contributed by atoms with Crippen molar-refractivity contribution >= 4 is 17.5 Å². The van der Waals surface area contributed by atoms with Crippen molar-refractivity contribution in [1.82, 2.24) is 5.32 Å². The molecule has 3 rings (SSSR count). The molecule has 0 unspecified atom stereocenters. The summed E-state index contributed by atoms with van der Waals surface area (Å²) in [5.74, 6) is 0.352. The molecule has 23 heavy (non-hydrogen) atoms. The van der Waals surface area contributed by atoms with Crippen LogP contribution in [0.25, 0.3) is 0 Å². The molecule has 1 aliphatic carbocycles. The third-order valence-electron chi connectivity index (χ3n) is 4.03. The predicted octanol–water partition coefficient (Wildman–Crippen LogP) is 3.71. The fraction of sp³-hybridized carbons (Fsp3) is 0.278. The molecular weight excluding hydrogens is 317 g/mol. The molecule has 1 amide bonds. The normalized spacial score (nSPS) is 15.0. The Bertz CT molecular complexity index is 698. The zero-order valence-corrected chi connectivity index (χ0v) is 13.3. The lowest BCUT2D eigenvalue weighted by atomic mass is 9.95. The van der Waals surface area contributed by atoms with Crippen LogP contribution in [0.4, 0.5) is 4.39 Å². The molecule has 2 aromatic carbocycles. The van der Waals surface area contributed by atoms with Crippen LogP contribution in [0.1, 0.15) is 18.4 Å². The molecule has 120 valence electrons. The van der Waals surface area contributed by atoms with Gasteiger partial charge >= 0.3 is 0 Å². The maximum Gasteiger partial charge on any atom is 0.230 e. The molecule has 2 aromatic rings. The number of hydrogen-bond donors (Lipinski definition) is 1. The SMILES string of the molecule is O=C(NCCOc1cccc(Cl)c1)C1(c2ccc(F)cc2)CC1. The Hall–Kier alpha value is -2.07. The van der Waals surface area contributed by atoms with Crippen molar-refractivity contribution in [3.63, 3.8) is 0 Å². The summed E-state index contributed by atoms with van der Waals surface area (Å²) < 4.78 is 18.6. The first kappa shape index (κ1) is 15.8. The molecule has 0 radical (unpaired) electrons. The van der Waals surface area contributed by atoms with Gasteiger partial charge in [0.1, 0.15) is 18.2 Å². The third kappa shape index (κ3) is 3.64. The van der Waals surface area contributed by atoms with Crippen molar-refractivity contribution < 1.29 is 13.9 Å². The Kier molecular flexibility index (Phi) is 4.53. The lowest BCUT2D eigenvalue weighted by Crippen LogP contribution is -2.37. The highest BCUT2D eigenvalue weighted by Gasteiger charge is 2.50. The first-order valence-electron chi connectivity index (χ1n) is 7.53. The Morgan fingerprint density at radius 2 is 1.96 bits per heavy atom. The van der Waals surface area contributed by atoms with Crippen LogP contribution in [-0.2, 0) is 10.2 Å². The third-order valence-corrected chi connectivity index (χ3v) is 4.27. The van der Waals surface area contributed by atoms with Crippen molar-refractivity contribution in [3.05, 3.63) is 64.9 Å². The van der Waals surface area contributed by atoms with E-state index in [1.54, 1.807) is 24.3 Å². The topological polar surface area (TPSA) is 38.3 Å². The first-order valence-corrected chi connectivity index (χ1v) is 7.91. The Balaban J connectivity index is 1.50. The highest BCUT2D eigenvalue weighted by atomic mass is 35.5. The van der Waals surface area contributed by atoms with Gasteiger partial charge in [0, 0.05) is 5.02 Å². The van der Waals surface area contributed by atoms with Gasteiger partial charge in [0.15, 0.2) is 0 Å². The van der Waals surface area contributed by atoms with E-state index in [9.17, 15) is 9.18 Å². The summed E-state index contributed by atoms with van der Waals surface area (Å²) in [6.07, 6.45) is 1.58. The molecule has 0 heterocycles. The minimum atomic E-state index is -0.496. The van der Waals surface area contributed by atoms with Gasteiger partial charge in [-0.2, -0.15) is 0 Å². The Morgan fingerprint density at radius 1 is 1.22 bits per heavy atom. The van der Waals surface area contributed by atoms with Gasteiger partial charge in [-0.3, -0.25) is 4.79 Å². The summed E-state index contributed by atoms with van der Waals surface area (Å²) in [6.45, 7) is 0.778. The lowest BCUT2D eigenvalue weighted by Gasteiger charge is -2.16. The second kappa shape index (κ2) is 6.59. The highest BCUT2D eigenvalue weighted by Crippen LogP contribution is 2.48. The fourth-order valence-electron chi connectivity index (χ4n) is 2.60. The van der Waals surface area contributed by atoms with Crippen LogP contribution in [0.5, 0.6) is 5.75 Å². The van der Waals surface area contributed by atoms with Gasteiger partial charge in [-0.15, -0.1) is 0 Å². The van der Waals surface area contributed by atoms with Gasteiger partial charge < -0.3 is 10.1 Å². The van der Waals surface area contributed by atoms with E-state index in [1.807, 2.05) is 12.1 Å². The number of ether oxygens (including phenoxy) is 1. The van der Waals surface area contributed by atoms with Crippen LogP contribution in [0.15, 0.2) is 48.5 Å². The molecule has 0 bridgehead atoms. The molecule has 1 saturated carbocycles. The molecule has 5 heteroatoms. The van der Waals surface area contributed by atoms with Gasteiger partial charge in [0.05, 0.1) is 12.0 Å². The van der Waals surface area contributed by atoms with Gasteiger partial charge in [0.25, 0.3) is 0 Å². The Morgan fingerprint density at radius 3 is 2.61 bits per heavy atom. The van der Waals surface area contributed by atoms with Crippen LogP contribution in [0.2, 0.25) is 5.02 Å². The highest BCUT2D eigenvalue weighted by molar-refractivity contribution is 6.30. The van der Waals surface area contributed by atoms with Gasteiger partial charge in [0.2, 0.25) is 5.91 Å². The number of hydrogen-bond acceptors (Lipinski definition) is 2. The average molecular weight is 334 g/mol. The number of benzene rings is 2. The van der Waals surface area contributed by atoms with Crippen LogP contribution in [0.3, 0.4) is 0 Å². The molecule has 0 spiro atoms. The van der Waals surface area contributed by atoms with Gasteiger partial charge in [-0.05, 0) is 48.7 Å². The number of carbonyl (C=O) groups excluding carboxylic acids is 1. The van der Waals surface area contributed by atoms with Crippen LogP contribution in [0, 0.1) is 5.82 Å². The van der Waals surface area contributed by atoms with Crippen LogP contribution in [-0.4, -0.2) is 19.1 Å². The molecule has 0 aromatic heterocycles. The van der Waals surface area contributed by atoms with Crippen molar-refractivity contribution in [3.8, 4) is 5.75 Å². The summed E-state index contributed by atoms with van der Waals surface area (Å²) in [6, 6.07) is 13.3. The smallest absolute Gasteiger partial charge is 0.230 e. The average Bonchev–Trinajstić information content (AvgIpc) is 3.34. The van der Waals surface area contributed by atoms with E-state index in [1.165, 1.54) is 12.1 Å². The Labute approximate surface area is 139 Å². The maximum atomic E-state index is 13.0. The standard InChI is InChI=1S/C18H17ClFNO2/c19-14-2-1-3-16(12-14)23-11-10-21-17(22)18(8-9-18)13-4-6-15(20)7-5-13/h1-7,12H,8-11H2,(H,21,22). The number of carbonyl (C=O) groups is 1. The molecule has 1 aliphatic rings. The number of rotatable bonds is 6. The second-order valence-electron chi connectivity index (χ2n) is 5.65.